The van der Waals surface area contributed by atoms with Crippen LogP contribution in [0.1, 0.15) is 25.3 Å². The predicted octanol–water partition coefficient (Wildman–Crippen LogP) is 5.21. The van der Waals surface area contributed by atoms with Crippen LogP contribution in [-0.2, 0) is 4.79 Å². The zero-order valence-corrected chi connectivity index (χ0v) is 17.4. The minimum absolute atomic E-state index is 0.119. The van der Waals surface area contributed by atoms with Gasteiger partial charge in [-0.15, -0.1) is 10.2 Å². The first-order valence-electron chi connectivity index (χ1n) is 9.64. The van der Waals surface area contributed by atoms with Gasteiger partial charge in [-0.2, -0.15) is 4.80 Å². The lowest BCUT2D eigenvalue weighted by Crippen LogP contribution is -2.20. The molecule has 1 aromatic heterocycles. The van der Waals surface area contributed by atoms with Crippen molar-refractivity contribution in [3.63, 3.8) is 0 Å². The van der Waals surface area contributed by atoms with Gasteiger partial charge >= 0.3 is 0 Å². The highest BCUT2D eigenvalue weighted by Crippen LogP contribution is 2.27. The number of anilines is 1. The van der Waals surface area contributed by atoms with E-state index >= 15 is 0 Å². The van der Waals surface area contributed by atoms with E-state index < -0.39 is 0 Å². The Balaban J connectivity index is 1.45. The molecule has 0 fully saturated rings. The molecule has 1 amide bonds. The van der Waals surface area contributed by atoms with Crippen LogP contribution in [0.25, 0.3) is 16.7 Å². The molecule has 30 heavy (non-hydrogen) atoms. The average molecular weight is 421 g/mol. The Morgan fingerprint density at radius 1 is 1.03 bits per heavy atom. The number of carbonyl (C=O) groups is 1. The van der Waals surface area contributed by atoms with Crippen LogP contribution in [-0.4, -0.2) is 27.5 Å². The van der Waals surface area contributed by atoms with Gasteiger partial charge in [-0.25, -0.2) is 0 Å². The van der Waals surface area contributed by atoms with Gasteiger partial charge in [0.05, 0.1) is 16.4 Å². The molecule has 0 atom stereocenters. The molecule has 0 bridgehead atoms. The molecule has 4 aromatic rings. The smallest absolute Gasteiger partial charge is 0.262 e. The molecule has 0 aliphatic rings. The lowest BCUT2D eigenvalue weighted by atomic mass is 10.0. The van der Waals surface area contributed by atoms with E-state index in [1.165, 1.54) is 10.4 Å². The molecule has 0 spiro atoms. The van der Waals surface area contributed by atoms with Crippen LogP contribution in [0.3, 0.4) is 0 Å². The maximum absolute atomic E-state index is 12.3. The number of amides is 1. The number of nitrogens with zero attached hydrogens (tertiary/aromatic N) is 3. The van der Waals surface area contributed by atoms with Crippen molar-refractivity contribution in [3.05, 3.63) is 77.3 Å². The molecule has 0 saturated carbocycles. The first-order chi connectivity index (χ1) is 14.5. The van der Waals surface area contributed by atoms with Gasteiger partial charge in [0, 0.05) is 0 Å². The second kappa shape index (κ2) is 8.55. The molecule has 4 rings (SSSR count). The normalized spacial score (nSPS) is 11.1. The Morgan fingerprint density at radius 2 is 1.70 bits per heavy atom. The molecule has 3 aromatic carbocycles. The zero-order valence-electron chi connectivity index (χ0n) is 16.7. The Kier molecular flexibility index (Phi) is 5.68. The zero-order chi connectivity index (χ0) is 21.1. The predicted molar refractivity (Wildman–Crippen MR) is 119 cm³/mol. The minimum Gasteiger partial charge on any atom is -0.484 e. The van der Waals surface area contributed by atoms with E-state index in [2.05, 4.69) is 29.4 Å². The number of nitrogens with one attached hydrogen (secondary N) is 1. The van der Waals surface area contributed by atoms with Gasteiger partial charge in [-0.3, -0.25) is 4.79 Å². The average Bonchev–Trinajstić information content (AvgIpc) is 3.16. The fourth-order valence-corrected chi connectivity index (χ4v) is 3.20. The number of benzene rings is 3. The Hall–Kier alpha value is -3.38. The number of halogens is 1. The highest BCUT2D eigenvalue weighted by atomic mass is 35.5. The summed E-state index contributed by atoms with van der Waals surface area (Å²) in [5, 5.41) is 12.1. The van der Waals surface area contributed by atoms with Gasteiger partial charge in [0.2, 0.25) is 0 Å². The number of hydrogen-bond acceptors (Lipinski definition) is 4. The Bertz CT molecular complexity index is 1170. The van der Waals surface area contributed by atoms with Crippen molar-refractivity contribution >= 4 is 34.2 Å². The summed E-state index contributed by atoms with van der Waals surface area (Å²) in [6.07, 6.45) is 0. The van der Waals surface area contributed by atoms with Crippen molar-refractivity contribution in [3.8, 4) is 11.4 Å². The second-order valence-corrected chi connectivity index (χ2v) is 7.61. The van der Waals surface area contributed by atoms with Crippen molar-refractivity contribution < 1.29 is 9.53 Å². The molecule has 0 saturated heterocycles. The lowest BCUT2D eigenvalue weighted by Gasteiger charge is -2.10. The lowest BCUT2D eigenvalue weighted by molar-refractivity contribution is -0.118. The third-order valence-corrected chi connectivity index (χ3v) is 4.96. The van der Waals surface area contributed by atoms with Crippen LogP contribution in [0.2, 0.25) is 5.02 Å². The third kappa shape index (κ3) is 4.44. The summed E-state index contributed by atoms with van der Waals surface area (Å²) >= 11 is 6.33. The number of para-hydroxylation sites is 1. The Labute approximate surface area is 179 Å². The molecular weight excluding hydrogens is 400 g/mol. The van der Waals surface area contributed by atoms with E-state index in [0.717, 1.165) is 5.69 Å². The van der Waals surface area contributed by atoms with Crippen LogP contribution in [0, 0.1) is 0 Å². The molecule has 1 heterocycles. The fraction of sp³-hybridized carbons (Fsp3) is 0.174. The summed E-state index contributed by atoms with van der Waals surface area (Å²) in [5.41, 5.74) is 3.79. The van der Waals surface area contributed by atoms with Crippen molar-refractivity contribution in [2.75, 3.05) is 11.9 Å². The monoisotopic (exact) mass is 420 g/mol. The number of carbonyl (C=O) groups excluding carboxylic acids is 1. The highest BCUT2D eigenvalue weighted by Gasteiger charge is 2.12. The van der Waals surface area contributed by atoms with Gasteiger partial charge in [0.15, 0.2) is 6.61 Å². The van der Waals surface area contributed by atoms with E-state index in [1.54, 1.807) is 12.1 Å². The minimum atomic E-state index is -0.306. The summed E-state index contributed by atoms with van der Waals surface area (Å²) in [5.74, 6) is 0.779. The van der Waals surface area contributed by atoms with Crippen molar-refractivity contribution in [1.29, 1.82) is 0 Å². The van der Waals surface area contributed by atoms with Gasteiger partial charge in [-0.05, 0) is 47.9 Å². The molecule has 0 aliphatic carbocycles. The van der Waals surface area contributed by atoms with Crippen molar-refractivity contribution in [2.24, 2.45) is 0 Å². The summed E-state index contributed by atoms with van der Waals surface area (Å²) in [4.78, 5) is 13.9. The first-order valence-corrected chi connectivity index (χ1v) is 10.0. The SMILES string of the molecule is CC(C)c1ccc(OCC(=O)Nc2cc3nn(-c4ccccc4)nc3cc2Cl)cc1. The number of hydrogen-bond donors (Lipinski definition) is 1. The molecule has 6 nitrogen and oxygen atoms in total. The molecule has 7 heteroatoms. The van der Waals surface area contributed by atoms with E-state index in [9.17, 15) is 4.79 Å². The van der Waals surface area contributed by atoms with Crippen molar-refractivity contribution in [1.82, 2.24) is 15.0 Å². The molecule has 152 valence electrons. The summed E-state index contributed by atoms with van der Waals surface area (Å²) in [7, 11) is 0. The van der Waals surface area contributed by atoms with Crippen LogP contribution >= 0.6 is 11.6 Å². The van der Waals surface area contributed by atoms with Crippen molar-refractivity contribution in [2.45, 2.75) is 19.8 Å². The highest BCUT2D eigenvalue weighted by molar-refractivity contribution is 6.34. The quantitative estimate of drug-likeness (QED) is 0.464. The number of ether oxygens (including phenoxy) is 1. The van der Waals surface area contributed by atoms with Crippen LogP contribution in [0.5, 0.6) is 5.75 Å². The molecule has 1 N–H and O–H groups in total. The summed E-state index contributed by atoms with van der Waals surface area (Å²) in [6.45, 7) is 4.14. The Morgan fingerprint density at radius 3 is 2.37 bits per heavy atom. The van der Waals surface area contributed by atoms with E-state index in [-0.39, 0.29) is 12.5 Å². The summed E-state index contributed by atoms with van der Waals surface area (Å²) in [6, 6.07) is 20.7. The van der Waals surface area contributed by atoms with E-state index in [0.29, 0.717) is 33.4 Å². The molecule has 0 unspecified atom stereocenters. The van der Waals surface area contributed by atoms with Gasteiger partial charge < -0.3 is 10.1 Å². The second-order valence-electron chi connectivity index (χ2n) is 7.21. The standard InChI is InChI=1S/C23H21ClN4O2/c1-15(2)16-8-10-18(11-9-16)30-14-23(29)25-20-13-22-21(12-19(20)24)26-28(27-22)17-6-4-3-5-7-17/h3-13,15H,14H2,1-2H3,(H,25,29). The van der Waals surface area contributed by atoms with E-state index in [1.807, 2.05) is 54.6 Å². The molecule has 0 radical (unpaired) electrons. The third-order valence-electron chi connectivity index (χ3n) is 4.65. The molecule has 0 aliphatic heterocycles. The first kappa shape index (κ1) is 19.9. The van der Waals surface area contributed by atoms with Gasteiger partial charge in [0.1, 0.15) is 16.8 Å². The van der Waals surface area contributed by atoms with E-state index in [4.69, 9.17) is 16.3 Å². The number of rotatable bonds is 6. The maximum atomic E-state index is 12.3. The van der Waals surface area contributed by atoms with Gasteiger partial charge in [-0.1, -0.05) is 55.8 Å². The van der Waals surface area contributed by atoms with Crippen LogP contribution in [0.4, 0.5) is 5.69 Å². The van der Waals surface area contributed by atoms with Crippen LogP contribution in [0.15, 0.2) is 66.7 Å². The maximum Gasteiger partial charge on any atom is 0.262 e. The number of aromatic nitrogens is 3. The number of fused-ring (bicyclic) bond motifs is 1. The largest absolute Gasteiger partial charge is 0.484 e. The topological polar surface area (TPSA) is 69.0 Å². The van der Waals surface area contributed by atoms with Gasteiger partial charge in [0.25, 0.3) is 5.91 Å². The molecular formula is C23H21ClN4O2. The summed E-state index contributed by atoms with van der Waals surface area (Å²) < 4.78 is 5.58. The van der Waals surface area contributed by atoms with Crippen LogP contribution < -0.4 is 10.1 Å². The fourth-order valence-electron chi connectivity index (χ4n) is 2.99.